The standard InChI is InChI=1S/C11H11N3O2/c15-9(7-3-4-7)6-10-13-11(14-16-10)8-2-1-5-12-8/h1-2,5,7,12H,3-4,6H2. The topological polar surface area (TPSA) is 71.8 Å². The van der Waals surface area contributed by atoms with E-state index >= 15 is 0 Å². The Hall–Kier alpha value is -1.91. The van der Waals surface area contributed by atoms with Gasteiger partial charge in [0.25, 0.3) is 0 Å². The summed E-state index contributed by atoms with van der Waals surface area (Å²) in [6, 6.07) is 3.72. The lowest BCUT2D eigenvalue weighted by atomic mass is 10.2. The van der Waals surface area contributed by atoms with E-state index in [1.165, 1.54) is 0 Å². The van der Waals surface area contributed by atoms with Crippen LogP contribution in [-0.2, 0) is 11.2 Å². The normalized spacial score (nSPS) is 15.2. The molecule has 0 aliphatic heterocycles. The number of H-pyrrole nitrogens is 1. The van der Waals surface area contributed by atoms with Gasteiger partial charge in [0.05, 0.1) is 12.1 Å². The third-order valence-electron chi connectivity index (χ3n) is 2.67. The molecule has 0 amide bonds. The molecule has 0 atom stereocenters. The molecule has 5 nitrogen and oxygen atoms in total. The lowest BCUT2D eigenvalue weighted by Crippen LogP contribution is -2.04. The number of carbonyl (C=O) groups excluding carboxylic acids is 1. The van der Waals surface area contributed by atoms with Crippen LogP contribution in [0.25, 0.3) is 11.5 Å². The molecule has 2 heterocycles. The van der Waals surface area contributed by atoms with Gasteiger partial charge in [-0.05, 0) is 25.0 Å². The van der Waals surface area contributed by atoms with E-state index in [-0.39, 0.29) is 18.1 Å². The molecule has 1 aliphatic rings. The van der Waals surface area contributed by atoms with Crippen molar-refractivity contribution in [2.45, 2.75) is 19.3 Å². The van der Waals surface area contributed by atoms with Crippen LogP contribution in [0.3, 0.4) is 0 Å². The number of nitrogens with one attached hydrogen (secondary N) is 1. The number of hydrogen-bond donors (Lipinski definition) is 1. The smallest absolute Gasteiger partial charge is 0.234 e. The molecule has 1 aliphatic carbocycles. The second-order valence-electron chi connectivity index (χ2n) is 4.01. The molecule has 0 unspecified atom stereocenters. The van der Waals surface area contributed by atoms with Gasteiger partial charge < -0.3 is 9.51 Å². The molecule has 0 radical (unpaired) electrons. The highest BCUT2D eigenvalue weighted by molar-refractivity contribution is 5.84. The molecule has 0 spiro atoms. The van der Waals surface area contributed by atoms with Crippen LogP contribution >= 0.6 is 0 Å². The Morgan fingerprint density at radius 2 is 2.44 bits per heavy atom. The molecular formula is C11H11N3O2. The molecule has 2 aromatic heterocycles. The lowest BCUT2D eigenvalue weighted by molar-refractivity contribution is -0.119. The zero-order valence-electron chi connectivity index (χ0n) is 8.64. The number of rotatable bonds is 4. The third kappa shape index (κ3) is 1.76. The summed E-state index contributed by atoms with van der Waals surface area (Å²) in [6.45, 7) is 0. The van der Waals surface area contributed by atoms with E-state index in [4.69, 9.17) is 4.52 Å². The van der Waals surface area contributed by atoms with Crippen LogP contribution in [0.1, 0.15) is 18.7 Å². The second-order valence-corrected chi connectivity index (χ2v) is 4.01. The van der Waals surface area contributed by atoms with Crippen LogP contribution in [0, 0.1) is 5.92 Å². The average molecular weight is 217 g/mol. The Kier molecular flexibility index (Phi) is 2.09. The molecule has 5 heteroatoms. The highest BCUT2D eigenvalue weighted by atomic mass is 16.5. The fourth-order valence-electron chi connectivity index (χ4n) is 1.60. The van der Waals surface area contributed by atoms with E-state index in [0.29, 0.717) is 11.7 Å². The van der Waals surface area contributed by atoms with Crippen LogP contribution in [0.15, 0.2) is 22.9 Å². The van der Waals surface area contributed by atoms with Crippen molar-refractivity contribution in [2.75, 3.05) is 0 Å². The van der Waals surface area contributed by atoms with Gasteiger partial charge in [-0.2, -0.15) is 4.98 Å². The van der Waals surface area contributed by atoms with Crippen molar-refractivity contribution in [1.29, 1.82) is 0 Å². The molecular weight excluding hydrogens is 206 g/mol. The first kappa shape index (κ1) is 9.33. The Bertz CT molecular complexity index is 497. The summed E-state index contributed by atoms with van der Waals surface area (Å²) in [6.07, 6.45) is 4.08. The predicted molar refractivity (Wildman–Crippen MR) is 55.5 cm³/mol. The fraction of sp³-hybridized carbons (Fsp3) is 0.364. The average Bonchev–Trinajstić information content (AvgIpc) is 2.80. The van der Waals surface area contributed by atoms with E-state index in [1.807, 2.05) is 12.1 Å². The summed E-state index contributed by atoms with van der Waals surface area (Å²) in [7, 11) is 0. The van der Waals surface area contributed by atoms with E-state index in [0.717, 1.165) is 18.5 Å². The maximum atomic E-state index is 11.5. The van der Waals surface area contributed by atoms with E-state index in [9.17, 15) is 4.79 Å². The van der Waals surface area contributed by atoms with Gasteiger partial charge in [0.15, 0.2) is 0 Å². The number of carbonyl (C=O) groups is 1. The Morgan fingerprint density at radius 3 is 3.12 bits per heavy atom. The zero-order valence-corrected chi connectivity index (χ0v) is 8.64. The van der Waals surface area contributed by atoms with Gasteiger partial charge in [-0.15, -0.1) is 0 Å². The lowest BCUT2D eigenvalue weighted by Gasteiger charge is -1.90. The van der Waals surface area contributed by atoms with Crippen molar-refractivity contribution in [3.63, 3.8) is 0 Å². The SMILES string of the molecule is O=C(Cc1nc(-c2ccc[nH]2)no1)C1CC1. The minimum atomic E-state index is 0.210. The largest absolute Gasteiger partial charge is 0.359 e. The molecule has 16 heavy (non-hydrogen) atoms. The molecule has 3 rings (SSSR count). The fourth-order valence-corrected chi connectivity index (χ4v) is 1.60. The number of hydrogen-bond acceptors (Lipinski definition) is 4. The van der Waals surface area contributed by atoms with Crippen LogP contribution in [0.5, 0.6) is 0 Å². The summed E-state index contributed by atoms with van der Waals surface area (Å²) < 4.78 is 5.04. The van der Waals surface area contributed by atoms with Crippen molar-refractivity contribution in [3.05, 3.63) is 24.2 Å². The van der Waals surface area contributed by atoms with Gasteiger partial charge in [-0.25, -0.2) is 0 Å². The van der Waals surface area contributed by atoms with Crippen LogP contribution in [0.4, 0.5) is 0 Å². The van der Waals surface area contributed by atoms with Crippen LogP contribution in [0.2, 0.25) is 0 Å². The first-order valence-corrected chi connectivity index (χ1v) is 5.32. The first-order chi connectivity index (χ1) is 7.83. The summed E-state index contributed by atoms with van der Waals surface area (Å²) in [4.78, 5) is 18.7. The van der Waals surface area contributed by atoms with Crippen molar-refractivity contribution >= 4 is 5.78 Å². The molecule has 1 N–H and O–H groups in total. The van der Waals surface area contributed by atoms with Crippen molar-refractivity contribution in [1.82, 2.24) is 15.1 Å². The maximum absolute atomic E-state index is 11.5. The minimum Gasteiger partial charge on any atom is -0.359 e. The van der Waals surface area contributed by atoms with Crippen molar-refractivity contribution in [3.8, 4) is 11.5 Å². The summed E-state index contributed by atoms with van der Waals surface area (Å²) in [5, 5.41) is 3.82. The van der Waals surface area contributed by atoms with Gasteiger partial charge in [-0.1, -0.05) is 5.16 Å². The third-order valence-corrected chi connectivity index (χ3v) is 2.67. The molecule has 82 valence electrons. The van der Waals surface area contributed by atoms with Gasteiger partial charge in [-0.3, -0.25) is 4.79 Å². The predicted octanol–water partition coefficient (Wildman–Crippen LogP) is 1.59. The summed E-state index contributed by atoms with van der Waals surface area (Å²) in [5.74, 6) is 1.35. The van der Waals surface area contributed by atoms with Crippen LogP contribution in [-0.4, -0.2) is 20.9 Å². The molecule has 2 aromatic rings. The van der Waals surface area contributed by atoms with Gasteiger partial charge >= 0.3 is 0 Å². The second kappa shape index (κ2) is 3.59. The van der Waals surface area contributed by atoms with E-state index < -0.39 is 0 Å². The van der Waals surface area contributed by atoms with Crippen LogP contribution < -0.4 is 0 Å². The molecule has 0 aromatic carbocycles. The maximum Gasteiger partial charge on any atom is 0.234 e. The Balaban J connectivity index is 1.75. The highest BCUT2D eigenvalue weighted by Gasteiger charge is 2.30. The van der Waals surface area contributed by atoms with E-state index in [1.54, 1.807) is 6.20 Å². The molecule has 1 saturated carbocycles. The van der Waals surface area contributed by atoms with Crippen molar-refractivity contribution in [2.24, 2.45) is 5.92 Å². The van der Waals surface area contributed by atoms with Gasteiger partial charge in [0.2, 0.25) is 11.7 Å². The summed E-state index contributed by atoms with van der Waals surface area (Å²) in [5.41, 5.74) is 0.800. The zero-order chi connectivity index (χ0) is 11.0. The van der Waals surface area contributed by atoms with Gasteiger partial charge in [0.1, 0.15) is 5.78 Å². The number of Topliss-reactive ketones (excluding diaryl/α,β-unsaturated/α-hetero) is 1. The molecule has 0 bridgehead atoms. The van der Waals surface area contributed by atoms with Gasteiger partial charge in [0, 0.05) is 12.1 Å². The molecule has 0 saturated heterocycles. The van der Waals surface area contributed by atoms with E-state index in [2.05, 4.69) is 15.1 Å². The van der Waals surface area contributed by atoms with Crippen molar-refractivity contribution < 1.29 is 9.32 Å². The number of aromatic amines is 1. The highest BCUT2D eigenvalue weighted by Crippen LogP contribution is 2.30. The Labute approximate surface area is 91.9 Å². The number of nitrogens with zero attached hydrogens (tertiary/aromatic N) is 2. The number of ketones is 1. The monoisotopic (exact) mass is 217 g/mol. The quantitative estimate of drug-likeness (QED) is 0.844. The minimum absolute atomic E-state index is 0.210. The first-order valence-electron chi connectivity index (χ1n) is 5.32. The Morgan fingerprint density at radius 1 is 1.56 bits per heavy atom. The molecule has 1 fully saturated rings. The summed E-state index contributed by atoms with van der Waals surface area (Å²) >= 11 is 0. The number of aromatic nitrogens is 3.